The van der Waals surface area contributed by atoms with Crippen LogP contribution >= 0.6 is 39.7 Å². The van der Waals surface area contributed by atoms with E-state index in [0.29, 0.717) is 8.84 Å². The van der Waals surface area contributed by atoms with Gasteiger partial charge in [-0.2, -0.15) is 3.93 Å². The largest absolute Gasteiger partial charge is 0.363 e. The van der Waals surface area contributed by atoms with Crippen LogP contribution in [0.5, 0.6) is 0 Å². The van der Waals surface area contributed by atoms with Gasteiger partial charge in [0, 0.05) is 16.1 Å². The van der Waals surface area contributed by atoms with Crippen LogP contribution in [-0.4, -0.2) is 47.1 Å². The van der Waals surface area contributed by atoms with E-state index in [1.54, 1.807) is 0 Å². The monoisotopic (exact) mass is 281 g/mol. The van der Waals surface area contributed by atoms with Gasteiger partial charge in [0.2, 0.25) is 0 Å². The van der Waals surface area contributed by atoms with Crippen molar-refractivity contribution in [1.82, 2.24) is 12.8 Å². The molecule has 2 unspecified atom stereocenters. The first-order chi connectivity index (χ1) is 5.46. The van der Waals surface area contributed by atoms with E-state index in [1.165, 1.54) is 0 Å². The molecule has 1 aliphatic rings. The van der Waals surface area contributed by atoms with Crippen molar-refractivity contribution in [2.24, 2.45) is 0 Å². The van der Waals surface area contributed by atoms with Crippen molar-refractivity contribution in [1.29, 1.82) is 0 Å². The average Bonchev–Trinajstić information content (AvgIpc) is 2.08. The first kappa shape index (κ1) is 10.9. The smallest absolute Gasteiger partial charge is 0.199 e. The van der Waals surface area contributed by atoms with Crippen LogP contribution < -0.4 is 0 Å². The first-order valence-electron chi connectivity index (χ1n) is 2.83. The summed E-state index contributed by atoms with van der Waals surface area (Å²) in [6, 6.07) is 0. The molecule has 72 valence electrons. The van der Waals surface area contributed by atoms with Crippen molar-refractivity contribution >= 4 is 39.7 Å². The summed E-state index contributed by atoms with van der Waals surface area (Å²) in [5, 5.41) is 27.5. The molecule has 2 atom stereocenters. The summed E-state index contributed by atoms with van der Waals surface area (Å²) in [7, 11) is 0. The fourth-order valence-corrected chi connectivity index (χ4v) is 1.70. The molecule has 1 rings (SSSR count). The van der Waals surface area contributed by atoms with Gasteiger partial charge in [0.15, 0.2) is 19.1 Å². The first-order valence-corrected chi connectivity index (χ1v) is 4.22. The summed E-state index contributed by atoms with van der Waals surface area (Å²) in [6.45, 7) is 0. The van der Waals surface area contributed by atoms with Crippen molar-refractivity contribution in [3.63, 3.8) is 0 Å². The van der Waals surface area contributed by atoms with Crippen molar-refractivity contribution in [3.8, 4) is 0 Å². The van der Waals surface area contributed by atoms with Crippen LogP contribution in [0.25, 0.3) is 0 Å². The molecule has 6 nitrogen and oxygen atoms in total. The molecule has 0 aromatic heterocycles. The van der Waals surface area contributed by atoms with Crippen LogP contribution in [0, 0.1) is 0 Å². The summed E-state index contributed by atoms with van der Waals surface area (Å²) in [6.07, 6.45) is -4.20. The predicted molar refractivity (Wildman–Crippen MR) is 44.2 cm³/mol. The van der Waals surface area contributed by atoms with Crippen molar-refractivity contribution < 1.29 is 15.3 Å². The van der Waals surface area contributed by atoms with E-state index in [1.807, 2.05) is 0 Å². The van der Waals surface area contributed by atoms with E-state index < -0.39 is 19.1 Å². The molecule has 1 heterocycles. The topological polar surface area (TPSA) is 70.4 Å². The maximum atomic E-state index is 9.17. The summed E-state index contributed by atoms with van der Waals surface area (Å²) in [5.41, 5.74) is 0. The number of halogens is 3. The maximum absolute atomic E-state index is 9.17. The number of aliphatic hydroxyl groups is 3. The second kappa shape index (κ2) is 3.91. The lowest BCUT2D eigenvalue weighted by Gasteiger charge is -2.42. The quantitative estimate of drug-likeness (QED) is 0.513. The van der Waals surface area contributed by atoms with E-state index in [4.69, 9.17) is 28.7 Å². The van der Waals surface area contributed by atoms with Gasteiger partial charge in [0.1, 0.15) is 0 Å². The zero-order valence-electron chi connectivity index (χ0n) is 5.55. The van der Waals surface area contributed by atoms with Gasteiger partial charge in [-0.15, -0.1) is 8.84 Å². The molecule has 0 aromatic carbocycles. The molecule has 9 heteroatoms. The van der Waals surface area contributed by atoms with E-state index in [2.05, 4.69) is 16.1 Å². The van der Waals surface area contributed by atoms with Gasteiger partial charge >= 0.3 is 0 Å². The van der Waals surface area contributed by atoms with Crippen LogP contribution in [-0.2, 0) is 0 Å². The Labute approximate surface area is 87.0 Å². The molecule has 1 saturated heterocycles. The Bertz CT molecular complexity index is 118. The van der Waals surface area contributed by atoms with Crippen molar-refractivity contribution in [2.45, 2.75) is 19.1 Å². The number of aliphatic hydroxyl groups excluding tert-OH is 3. The highest BCUT2D eigenvalue weighted by atomic mass is 79.9. The molecule has 0 saturated carbocycles. The SMILES string of the molecule is OC1N(Cl)C(O)N(Br)C(O)N1Cl. The number of hydrogen-bond donors (Lipinski definition) is 3. The molecule has 0 amide bonds. The molecule has 0 spiro atoms. The van der Waals surface area contributed by atoms with Gasteiger partial charge in [-0.25, -0.2) is 0 Å². The van der Waals surface area contributed by atoms with Gasteiger partial charge in [-0.1, -0.05) is 0 Å². The minimum atomic E-state index is -1.47. The van der Waals surface area contributed by atoms with Crippen LogP contribution in [0.4, 0.5) is 0 Å². The van der Waals surface area contributed by atoms with Crippen molar-refractivity contribution in [3.05, 3.63) is 0 Å². The zero-order chi connectivity index (χ0) is 9.46. The highest BCUT2D eigenvalue weighted by Gasteiger charge is 2.42. The minimum absolute atomic E-state index is 0.620. The minimum Gasteiger partial charge on any atom is -0.363 e. The van der Waals surface area contributed by atoms with E-state index in [0.717, 1.165) is 3.93 Å². The van der Waals surface area contributed by atoms with Gasteiger partial charge in [0.25, 0.3) is 0 Å². The van der Waals surface area contributed by atoms with Gasteiger partial charge in [0.05, 0.1) is 0 Å². The third-order valence-corrected chi connectivity index (χ3v) is 2.75. The molecular formula is C3H6BrCl2N3O3. The predicted octanol–water partition coefficient (Wildman–Crippen LogP) is -0.649. The zero-order valence-corrected chi connectivity index (χ0v) is 8.65. The lowest BCUT2D eigenvalue weighted by molar-refractivity contribution is -0.251. The van der Waals surface area contributed by atoms with Gasteiger partial charge in [-0.3, -0.25) is 0 Å². The Hall–Kier alpha value is 0.820. The van der Waals surface area contributed by atoms with Gasteiger partial charge < -0.3 is 15.3 Å². The molecular weight excluding hydrogens is 277 g/mol. The summed E-state index contributed by atoms with van der Waals surface area (Å²) >= 11 is 13.6. The van der Waals surface area contributed by atoms with E-state index in [-0.39, 0.29) is 0 Å². The third-order valence-electron chi connectivity index (χ3n) is 1.32. The highest BCUT2D eigenvalue weighted by Crippen LogP contribution is 2.27. The molecule has 0 aromatic rings. The fraction of sp³-hybridized carbons (Fsp3) is 1.00. The van der Waals surface area contributed by atoms with Gasteiger partial charge in [-0.05, 0) is 23.6 Å². The normalized spacial score (nSPS) is 42.0. The van der Waals surface area contributed by atoms with E-state index in [9.17, 15) is 10.2 Å². The number of nitrogens with zero attached hydrogens (tertiary/aromatic N) is 3. The van der Waals surface area contributed by atoms with Crippen LogP contribution in [0.2, 0.25) is 0 Å². The van der Waals surface area contributed by atoms with Crippen LogP contribution in [0.1, 0.15) is 0 Å². The Morgan fingerprint density at radius 2 is 1.25 bits per heavy atom. The second-order valence-corrected chi connectivity index (χ2v) is 3.67. The Kier molecular flexibility index (Phi) is 3.55. The second-order valence-electron chi connectivity index (χ2n) is 2.07. The Morgan fingerprint density at radius 3 is 1.58 bits per heavy atom. The fourth-order valence-electron chi connectivity index (χ4n) is 0.674. The number of hydrogen-bond acceptors (Lipinski definition) is 6. The number of rotatable bonds is 0. The van der Waals surface area contributed by atoms with Crippen LogP contribution in [0.3, 0.4) is 0 Å². The van der Waals surface area contributed by atoms with Crippen LogP contribution in [0.15, 0.2) is 0 Å². The molecule has 0 bridgehead atoms. The molecule has 1 aliphatic heterocycles. The molecule has 0 aliphatic carbocycles. The van der Waals surface area contributed by atoms with Crippen molar-refractivity contribution in [2.75, 3.05) is 0 Å². The summed E-state index contributed by atoms with van der Waals surface area (Å²) < 4.78 is 2.11. The summed E-state index contributed by atoms with van der Waals surface area (Å²) in [4.78, 5) is 0. The lowest BCUT2D eigenvalue weighted by atomic mass is 10.6. The van der Waals surface area contributed by atoms with E-state index >= 15 is 0 Å². The standard InChI is InChI=1S/C3H6BrCl2N3O3/c4-7-1(10)8(5)3(12)9(6)2(7)11/h1-3,10-12H. The third kappa shape index (κ3) is 1.69. The summed E-state index contributed by atoms with van der Waals surface area (Å²) in [5.74, 6) is 0. The average molecular weight is 283 g/mol. The molecule has 12 heavy (non-hydrogen) atoms. The highest BCUT2D eigenvalue weighted by molar-refractivity contribution is 9.07. The molecule has 3 N–H and O–H groups in total. The Balaban J connectivity index is 2.76. The Morgan fingerprint density at radius 1 is 0.917 bits per heavy atom. The lowest BCUT2D eigenvalue weighted by Crippen LogP contribution is -2.62. The molecule has 0 radical (unpaired) electrons. The molecule has 1 fully saturated rings. The maximum Gasteiger partial charge on any atom is 0.199 e.